The van der Waals surface area contributed by atoms with Crippen molar-refractivity contribution in [2.75, 3.05) is 46.8 Å². The van der Waals surface area contributed by atoms with Gasteiger partial charge in [0.05, 0.1) is 26.6 Å². The van der Waals surface area contributed by atoms with Crippen molar-refractivity contribution in [2.45, 2.75) is 0 Å². The zero-order chi connectivity index (χ0) is 14.2. The molecule has 9 heteroatoms. The molecule has 0 heterocycles. The molecular formula is C9H17NO7S. The number of hydrogen-bond donors (Lipinski definition) is 0. The van der Waals surface area contributed by atoms with Gasteiger partial charge in [-0.15, -0.1) is 0 Å². The summed E-state index contributed by atoms with van der Waals surface area (Å²) in [6, 6.07) is 0. The van der Waals surface area contributed by atoms with Crippen LogP contribution < -0.4 is 0 Å². The first-order chi connectivity index (χ1) is 8.37. The second-order valence-corrected chi connectivity index (χ2v) is 5.32. The van der Waals surface area contributed by atoms with Crippen LogP contribution in [-0.2, 0) is 33.8 Å². The summed E-state index contributed by atoms with van der Waals surface area (Å²) in [6.07, 6.45) is 0. The first kappa shape index (κ1) is 16.8. The van der Waals surface area contributed by atoms with Gasteiger partial charge in [-0.2, -0.15) is 4.31 Å². The molecule has 0 fully saturated rings. The molecule has 0 N–H and O–H groups in total. The average molecular weight is 283 g/mol. The van der Waals surface area contributed by atoms with Gasteiger partial charge in [0.1, 0.15) is 13.1 Å². The molecule has 0 aromatic carbocycles. The quantitative estimate of drug-likeness (QED) is 0.506. The van der Waals surface area contributed by atoms with E-state index in [1.807, 2.05) is 0 Å². The van der Waals surface area contributed by atoms with Gasteiger partial charge in [-0.25, -0.2) is 8.42 Å². The van der Waals surface area contributed by atoms with Crippen molar-refractivity contribution in [1.29, 1.82) is 0 Å². The van der Waals surface area contributed by atoms with Gasteiger partial charge >= 0.3 is 11.9 Å². The van der Waals surface area contributed by atoms with E-state index in [2.05, 4.69) is 14.2 Å². The number of esters is 2. The van der Waals surface area contributed by atoms with Gasteiger partial charge in [-0.1, -0.05) is 0 Å². The topological polar surface area (TPSA) is 99.2 Å². The third-order valence-electron chi connectivity index (χ3n) is 2.01. The van der Waals surface area contributed by atoms with Gasteiger partial charge in [-0.3, -0.25) is 9.59 Å². The molecule has 0 unspecified atom stereocenters. The normalized spacial score (nSPS) is 11.3. The lowest BCUT2D eigenvalue weighted by molar-refractivity contribution is -0.143. The summed E-state index contributed by atoms with van der Waals surface area (Å²) >= 11 is 0. The van der Waals surface area contributed by atoms with Gasteiger partial charge in [0.15, 0.2) is 0 Å². The van der Waals surface area contributed by atoms with Crippen LogP contribution in [0.3, 0.4) is 0 Å². The summed E-state index contributed by atoms with van der Waals surface area (Å²) in [6.45, 7) is -1.13. The molecule has 0 aliphatic rings. The lowest BCUT2D eigenvalue weighted by atomic mass is 10.6. The maximum absolute atomic E-state index is 11.8. The van der Waals surface area contributed by atoms with Gasteiger partial charge in [0, 0.05) is 7.11 Å². The van der Waals surface area contributed by atoms with Gasteiger partial charge in [0.25, 0.3) is 0 Å². The molecule has 0 saturated heterocycles. The Kier molecular flexibility index (Phi) is 7.48. The van der Waals surface area contributed by atoms with E-state index in [9.17, 15) is 18.0 Å². The number of rotatable bonds is 8. The average Bonchev–Trinajstić information content (AvgIpc) is 2.34. The van der Waals surface area contributed by atoms with E-state index >= 15 is 0 Å². The van der Waals surface area contributed by atoms with Crippen LogP contribution in [0, 0.1) is 0 Å². The monoisotopic (exact) mass is 283 g/mol. The highest BCUT2D eigenvalue weighted by Crippen LogP contribution is 2.03. The van der Waals surface area contributed by atoms with Crippen molar-refractivity contribution in [3.05, 3.63) is 0 Å². The predicted octanol–water partition coefficient (Wildman–Crippen LogP) is -1.39. The number of carbonyl (C=O) groups excluding carboxylic acids is 2. The minimum atomic E-state index is -3.79. The fourth-order valence-corrected chi connectivity index (χ4v) is 2.23. The summed E-state index contributed by atoms with van der Waals surface area (Å²) in [4.78, 5) is 22.2. The van der Waals surface area contributed by atoms with Crippen LogP contribution >= 0.6 is 0 Å². The van der Waals surface area contributed by atoms with Gasteiger partial charge < -0.3 is 14.2 Å². The molecule has 0 amide bonds. The molecule has 0 spiro atoms. The Labute approximate surface area is 106 Å². The Balaban J connectivity index is 4.83. The number of hydrogen-bond acceptors (Lipinski definition) is 7. The maximum atomic E-state index is 11.8. The zero-order valence-electron chi connectivity index (χ0n) is 10.5. The van der Waals surface area contributed by atoms with Gasteiger partial charge in [-0.05, 0) is 0 Å². The molecule has 0 atom stereocenters. The summed E-state index contributed by atoms with van der Waals surface area (Å²) in [5, 5.41) is 0. The number of carbonyl (C=O) groups is 2. The van der Waals surface area contributed by atoms with Crippen molar-refractivity contribution in [3.8, 4) is 0 Å². The molecule has 0 aliphatic carbocycles. The van der Waals surface area contributed by atoms with Crippen LogP contribution in [0.15, 0.2) is 0 Å². The lowest BCUT2D eigenvalue weighted by Gasteiger charge is -2.19. The zero-order valence-corrected chi connectivity index (χ0v) is 11.4. The van der Waals surface area contributed by atoms with Crippen molar-refractivity contribution >= 4 is 22.0 Å². The summed E-state index contributed by atoms with van der Waals surface area (Å²) in [7, 11) is -0.190. The molecule has 8 nitrogen and oxygen atoms in total. The standard InChI is InChI=1S/C9H17NO7S/c1-15-4-5-18(13,14)10(6-8(11)16-2)7-9(12)17-3/h4-7H2,1-3H3. The Hall–Kier alpha value is -1.19. The third-order valence-corrected chi connectivity index (χ3v) is 3.73. The first-order valence-corrected chi connectivity index (χ1v) is 6.58. The third kappa shape index (κ3) is 5.94. The van der Waals surface area contributed by atoms with Gasteiger partial charge in [0.2, 0.25) is 10.0 Å². The van der Waals surface area contributed by atoms with Crippen molar-refractivity contribution in [2.24, 2.45) is 0 Å². The highest BCUT2D eigenvalue weighted by Gasteiger charge is 2.27. The highest BCUT2D eigenvalue weighted by atomic mass is 32.2. The van der Waals surface area contributed by atoms with Crippen molar-refractivity contribution in [3.63, 3.8) is 0 Å². The molecule has 0 radical (unpaired) electrons. The maximum Gasteiger partial charge on any atom is 0.321 e. The minimum Gasteiger partial charge on any atom is -0.468 e. The van der Waals surface area contributed by atoms with Crippen LogP contribution in [0.2, 0.25) is 0 Å². The van der Waals surface area contributed by atoms with Crippen LogP contribution in [0.25, 0.3) is 0 Å². The number of sulfonamides is 1. The molecular weight excluding hydrogens is 266 g/mol. The molecule has 0 bridgehead atoms. The van der Waals surface area contributed by atoms with Crippen molar-refractivity contribution < 1.29 is 32.2 Å². The number of ether oxygens (including phenoxy) is 3. The van der Waals surface area contributed by atoms with E-state index in [0.29, 0.717) is 4.31 Å². The molecule has 106 valence electrons. The van der Waals surface area contributed by atoms with Crippen LogP contribution in [0.1, 0.15) is 0 Å². The minimum absolute atomic E-state index is 0.0405. The second kappa shape index (κ2) is 8.01. The van der Waals surface area contributed by atoms with E-state index in [1.54, 1.807) is 0 Å². The molecule has 0 saturated carbocycles. The van der Waals surface area contributed by atoms with E-state index in [4.69, 9.17) is 0 Å². The van der Waals surface area contributed by atoms with E-state index in [-0.39, 0.29) is 12.4 Å². The molecule has 18 heavy (non-hydrogen) atoms. The Morgan fingerprint density at radius 1 is 1.00 bits per heavy atom. The lowest BCUT2D eigenvalue weighted by Crippen LogP contribution is -2.42. The smallest absolute Gasteiger partial charge is 0.321 e. The fraction of sp³-hybridized carbons (Fsp3) is 0.778. The van der Waals surface area contributed by atoms with E-state index in [1.165, 1.54) is 7.11 Å². The highest BCUT2D eigenvalue weighted by molar-refractivity contribution is 7.89. The van der Waals surface area contributed by atoms with Crippen LogP contribution in [0.4, 0.5) is 0 Å². The number of nitrogens with zero attached hydrogens (tertiary/aromatic N) is 1. The Bertz CT molecular complexity index is 360. The second-order valence-electron chi connectivity index (χ2n) is 3.23. The molecule has 0 aromatic rings. The largest absolute Gasteiger partial charge is 0.468 e. The Morgan fingerprint density at radius 2 is 1.44 bits per heavy atom. The van der Waals surface area contributed by atoms with E-state index in [0.717, 1.165) is 14.2 Å². The van der Waals surface area contributed by atoms with Crippen LogP contribution in [-0.4, -0.2) is 71.4 Å². The summed E-state index contributed by atoms with van der Waals surface area (Å²) in [5.74, 6) is -1.86. The van der Waals surface area contributed by atoms with Crippen LogP contribution in [0.5, 0.6) is 0 Å². The summed E-state index contributed by atoms with van der Waals surface area (Å²) in [5.41, 5.74) is 0. The molecule has 0 rings (SSSR count). The first-order valence-electron chi connectivity index (χ1n) is 4.97. The molecule has 0 aromatic heterocycles. The predicted molar refractivity (Wildman–Crippen MR) is 61.3 cm³/mol. The Morgan fingerprint density at radius 3 is 1.78 bits per heavy atom. The fourth-order valence-electron chi connectivity index (χ4n) is 0.987. The SMILES string of the molecule is COCCS(=O)(=O)N(CC(=O)OC)CC(=O)OC. The van der Waals surface area contributed by atoms with Crippen molar-refractivity contribution in [1.82, 2.24) is 4.31 Å². The number of methoxy groups -OCH3 is 3. The van der Waals surface area contributed by atoms with E-state index < -0.39 is 35.1 Å². The molecule has 0 aliphatic heterocycles. The summed E-state index contributed by atoms with van der Waals surface area (Å²) < 4.78 is 37.7.